The first-order chi connectivity index (χ1) is 17.7. The number of aliphatic hydroxyl groups is 1. The van der Waals surface area contributed by atoms with E-state index >= 15 is 0 Å². The minimum atomic E-state index is -0.798. The lowest BCUT2D eigenvalue weighted by Crippen LogP contribution is -2.26. The van der Waals surface area contributed by atoms with Crippen molar-refractivity contribution in [3.8, 4) is 23.0 Å². The lowest BCUT2D eigenvalue weighted by molar-refractivity contribution is -0.191. The molecule has 1 N–H and O–H groups in total. The fourth-order valence-electron chi connectivity index (χ4n) is 5.59. The number of carbonyl (C=O) groups excluding carboxylic acids is 2. The fraction of sp³-hybridized carbons (Fsp3) is 0.394. The van der Waals surface area contributed by atoms with Crippen LogP contribution in [-0.4, -0.2) is 21.8 Å². The molecule has 0 radical (unpaired) electrons. The zero-order chi connectivity index (χ0) is 27.1. The van der Waals surface area contributed by atoms with Crippen molar-refractivity contribution in [2.75, 3.05) is 0 Å². The van der Waals surface area contributed by atoms with E-state index in [0.717, 1.165) is 44.1 Å². The first kappa shape index (κ1) is 28.1. The van der Waals surface area contributed by atoms with Crippen LogP contribution in [0, 0.1) is 32.6 Å². The second kappa shape index (κ2) is 12.2. The van der Waals surface area contributed by atoms with E-state index in [4.69, 9.17) is 9.59 Å². The van der Waals surface area contributed by atoms with Gasteiger partial charge in [-0.1, -0.05) is 56.0 Å². The van der Waals surface area contributed by atoms with Gasteiger partial charge in [0.25, 0.3) is 0 Å². The van der Waals surface area contributed by atoms with Gasteiger partial charge in [-0.15, -0.1) is 0 Å². The Bertz CT molecular complexity index is 1330. The molecule has 0 bridgehead atoms. The van der Waals surface area contributed by atoms with Crippen LogP contribution in [0.25, 0.3) is 11.1 Å². The average molecular weight is 496 g/mol. The van der Waals surface area contributed by atoms with Crippen LogP contribution in [0.2, 0.25) is 0 Å². The lowest BCUT2D eigenvalue weighted by atomic mass is 9.69. The highest BCUT2D eigenvalue weighted by atomic mass is 16.3. The quantitative estimate of drug-likeness (QED) is 0.393. The summed E-state index contributed by atoms with van der Waals surface area (Å²) < 4.78 is 0. The van der Waals surface area contributed by atoms with Crippen molar-refractivity contribution in [1.82, 2.24) is 4.98 Å². The number of nitrogens with zero attached hydrogens (tertiary/aromatic N) is 1. The molecule has 37 heavy (non-hydrogen) atoms. The van der Waals surface area contributed by atoms with Crippen LogP contribution in [-0.2, 0) is 15.0 Å². The number of aryl methyl sites for hydroxylation is 3. The Balaban J connectivity index is 0.00000121. The summed E-state index contributed by atoms with van der Waals surface area (Å²) in [6.07, 6.45) is 9.87. The van der Waals surface area contributed by atoms with Crippen molar-refractivity contribution in [2.24, 2.45) is 0 Å². The van der Waals surface area contributed by atoms with Gasteiger partial charge in [0.15, 0.2) is 0 Å². The zero-order valence-corrected chi connectivity index (χ0v) is 22.6. The molecule has 2 aromatic carbocycles. The van der Waals surface area contributed by atoms with Crippen molar-refractivity contribution in [3.05, 3.63) is 88.2 Å². The molecule has 4 nitrogen and oxygen atoms in total. The number of benzene rings is 2. The Morgan fingerprint density at radius 2 is 1.49 bits per heavy atom. The third-order valence-corrected chi connectivity index (χ3v) is 7.81. The summed E-state index contributed by atoms with van der Waals surface area (Å²) in [6.45, 7) is 11.0. The number of aromatic nitrogens is 1. The zero-order valence-electron chi connectivity index (χ0n) is 22.6. The number of rotatable bonds is 5. The van der Waals surface area contributed by atoms with Crippen molar-refractivity contribution in [1.29, 1.82) is 0 Å². The standard InChI is InChI=1S/C32H37NO.CO2/c1-6-32(7-2,29-12-13-30(25(5)20-29)27-18-23(3)21-33-22-27)28-11-10-26(24(4)19-28)14-17-31(34)15-8-9-16-31;2-1-3/h10-13,18-22,34H,6-9,15-16H2,1-5H3;. The Morgan fingerprint density at radius 3 is 2.03 bits per heavy atom. The molecular weight excluding hydrogens is 458 g/mol. The molecule has 0 aliphatic heterocycles. The van der Waals surface area contributed by atoms with Gasteiger partial charge in [0, 0.05) is 28.9 Å². The Morgan fingerprint density at radius 1 is 0.892 bits per heavy atom. The third-order valence-electron chi connectivity index (χ3n) is 7.81. The van der Waals surface area contributed by atoms with Gasteiger partial charge in [0.05, 0.1) is 0 Å². The number of hydrogen-bond donors (Lipinski definition) is 1. The van der Waals surface area contributed by atoms with E-state index in [2.05, 4.69) is 93.9 Å². The van der Waals surface area contributed by atoms with Crippen LogP contribution in [0.4, 0.5) is 0 Å². The molecule has 3 aromatic rings. The van der Waals surface area contributed by atoms with E-state index in [9.17, 15) is 5.11 Å². The van der Waals surface area contributed by atoms with Crippen LogP contribution < -0.4 is 0 Å². The molecule has 1 aliphatic carbocycles. The smallest absolute Gasteiger partial charge is 0.373 e. The highest BCUT2D eigenvalue weighted by molar-refractivity contribution is 5.68. The Hall–Kier alpha value is -3.51. The molecule has 4 heteroatoms. The highest BCUT2D eigenvalue weighted by Gasteiger charge is 2.32. The van der Waals surface area contributed by atoms with E-state index in [1.165, 1.54) is 38.9 Å². The van der Waals surface area contributed by atoms with E-state index in [0.29, 0.717) is 0 Å². The largest absolute Gasteiger partial charge is 0.378 e. The second-order valence-electron chi connectivity index (χ2n) is 10.2. The van der Waals surface area contributed by atoms with E-state index in [1.54, 1.807) is 0 Å². The second-order valence-corrected chi connectivity index (χ2v) is 10.2. The van der Waals surface area contributed by atoms with Gasteiger partial charge in [-0.2, -0.15) is 9.59 Å². The predicted molar refractivity (Wildman–Crippen MR) is 147 cm³/mol. The molecule has 0 spiro atoms. The van der Waals surface area contributed by atoms with E-state index in [-0.39, 0.29) is 11.6 Å². The van der Waals surface area contributed by atoms with Gasteiger partial charge >= 0.3 is 6.15 Å². The predicted octanol–water partition coefficient (Wildman–Crippen LogP) is 6.85. The summed E-state index contributed by atoms with van der Waals surface area (Å²) in [5, 5.41) is 10.6. The summed E-state index contributed by atoms with van der Waals surface area (Å²) in [5.41, 5.74) is 8.92. The van der Waals surface area contributed by atoms with E-state index < -0.39 is 5.60 Å². The Labute approximate surface area is 221 Å². The fourth-order valence-corrected chi connectivity index (χ4v) is 5.59. The van der Waals surface area contributed by atoms with Crippen molar-refractivity contribution in [3.63, 3.8) is 0 Å². The van der Waals surface area contributed by atoms with Crippen molar-refractivity contribution < 1.29 is 14.7 Å². The van der Waals surface area contributed by atoms with Crippen LogP contribution in [0.3, 0.4) is 0 Å². The molecule has 192 valence electrons. The molecule has 0 saturated heterocycles. The summed E-state index contributed by atoms with van der Waals surface area (Å²) >= 11 is 0. The summed E-state index contributed by atoms with van der Waals surface area (Å²) in [6, 6.07) is 15.8. The van der Waals surface area contributed by atoms with Gasteiger partial charge < -0.3 is 5.11 Å². The molecule has 0 atom stereocenters. The molecule has 1 fully saturated rings. The first-order valence-electron chi connectivity index (χ1n) is 13.1. The third kappa shape index (κ3) is 6.25. The summed E-state index contributed by atoms with van der Waals surface area (Å²) in [5.74, 6) is 6.45. The SMILES string of the molecule is CCC(CC)(c1ccc(C#CC2(O)CCCC2)c(C)c1)c1ccc(-c2cncc(C)c2)c(C)c1.O=C=O. The van der Waals surface area contributed by atoms with Gasteiger partial charge in [0.2, 0.25) is 0 Å². The number of hydrogen-bond acceptors (Lipinski definition) is 4. The highest BCUT2D eigenvalue weighted by Crippen LogP contribution is 2.41. The summed E-state index contributed by atoms with van der Waals surface area (Å²) in [4.78, 5) is 20.6. The maximum Gasteiger partial charge on any atom is 0.373 e. The van der Waals surface area contributed by atoms with Crippen LogP contribution in [0.5, 0.6) is 0 Å². The monoisotopic (exact) mass is 495 g/mol. The Kier molecular flexibility index (Phi) is 9.22. The molecule has 1 aromatic heterocycles. The van der Waals surface area contributed by atoms with Gasteiger partial charge in [0.1, 0.15) is 5.60 Å². The van der Waals surface area contributed by atoms with Crippen LogP contribution in [0.15, 0.2) is 54.9 Å². The van der Waals surface area contributed by atoms with Crippen molar-refractivity contribution >= 4 is 6.15 Å². The molecule has 1 aliphatic rings. The van der Waals surface area contributed by atoms with Crippen LogP contribution >= 0.6 is 0 Å². The average Bonchev–Trinajstić information content (AvgIpc) is 3.32. The van der Waals surface area contributed by atoms with Crippen molar-refractivity contribution in [2.45, 2.75) is 84.2 Å². The van der Waals surface area contributed by atoms with Gasteiger partial charge in [-0.3, -0.25) is 4.98 Å². The molecule has 0 amide bonds. The first-order valence-corrected chi connectivity index (χ1v) is 13.1. The van der Waals surface area contributed by atoms with Crippen LogP contribution in [0.1, 0.15) is 85.8 Å². The minimum Gasteiger partial charge on any atom is -0.378 e. The molecule has 1 saturated carbocycles. The molecule has 1 heterocycles. The summed E-state index contributed by atoms with van der Waals surface area (Å²) in [7, 11) is 0. The molecule has 0 unspecified atom stereocenters. The number of pyridine rings is 1. The maximum absolute atomic E-state index is 10.6. The van der Waals surface area contributed by atoms with Gasteiger partial charge in [-0.25, -0.2) is 0 Å². The molecule has 4 rings (SSSR count). The normalized spacial score (nSPS) is 14.1. The lowest BCUT2D eigenvalue weighted by Gasteiger charge is -2.34. The van der Waals surface area contributed by atoms with E-state index in [1.807, 2.05) is 12.4 Å². The minimum absolute atomic E-state index is 0.0471. The maximum atomic E-state index is 10.6. The molecular formula is C33H37NO3. The van der Waals surface area contributed by atoms with Gasteiger partial charge in [-0.05, 0) is 105 Å². The topological polar surface area (TPSA) is 67.3 Å².